The quantitative estimate of drug-likeness (QED) is 0.374. The van der Waals surface area contributed by atoms with Crippen LogP contribution >= 0.6 is 11.6 Å². The van der Waals surface area contributed by atoms with Gasteiger partial charge in [-0.3, -0.25) is 4.52 Å². The molecule has 0 unspecified atom stereocenters. The van der Waals surface area contributed by atoms with Gasteiger partial charge in [0.05, 0.1) is 11.9 Å². The smallest absolute Gasteiger partial charge is 0.358 e. The van der Waals surface area contributed by atoms with Crippen LogP contribution in [0.25, 0.3) is 0 Å². The number of hydrogen-bond donors (Lipinski definition) is 0. The van der Waals surface area contributed by atoms with Crippen molar-refractivity contribution in [1.82, 2.24) is 5.16 Å². The first-order chi connectivity index (χ1) is 4.74. The maximum Gasteiger partial charge on any atom is 0.413 e. The molecule has 0 aliphatic carbocycles. The third-order valence-corrected chi connectivity index (χ3v) is 1.13. The Morgan fingerprint density at radius 1 is 1.90 bits per heavy atom. The van der Waals surface area contributed by atoms with Crippen molar-refractivity contribution in [3.63, 3.8) is 0 Å². The van der Waals surface area contributed by atoms with E-state index in [1.165, 1.54) is 6.07 Å². The van der Waals surface area contributed by atoms with E-state index in [2.05, 4.69) is 9.68 Å². The molecule has 6 heteroatoms. The van der Waals surface area contributed by atoms with Gasteiger partial charge in [-0.05, 0) is 4.92 Å². The van der Waals surface area contributed by atoms with E-state index in [4.69, 9.17) is 11.6 Å². The fourth-order valence-corrected chi connectivity index (χ4v) is 0.577. The molecular formula is C4H3ClN2O3. The Hall–Kier alpha value is -1.10. The lowest BCUT2D eigenvalue weighted by atomic mass is 10.5. The lowest BCUT2D eigenvalue weighted by molar-refractivity contribution is -0.390. The molecule has 54 valence electrons. The molecule has 1 rings (SSSR count). The number of alkyl halides is 1. The standard InChI is InChI=1S/C4H3ClN2O3/c5-2-3-1-4(6-10-3)7(8)9/h1H,2H2. The fraction of sp³-hybridized carbons (Fsp3) is 0.250. The second-order valence-corrected chi connectivity index (χ2v) is 1.81. The van der Waals surface area contributed by atoms with E-state index in [0.717, 1.165) is 0 Å². The molecule has 0 atom stereocenters. The van der Waals surface area contributed by atoms with E-state index >= 15 is 0 Å². The molecule has 0 fully saturated rings. The van der Waals surface area contributed by atoms with Crippen molar-refractivity contribution in [3.8, 4) is 0 Å². The number of halogens is 1. The normalized spacial score (nSPS) is 9.70. The summed E-state index contributed by atoms with van der Waals surface area (Å²) in [5.74, 6) is 0.0879. The van der Waals surface area contributed by atoms with Crippen LogP contribution in [0, 0.1) is 10.1 Å². The average molecular weight is 163 g/mol. The highest BCUT2D eigenvalue weighted by Crippen LogP contribution is 2.12. The minimum Gasteiger partial charge on any atom is -0.358 e. The third-order valence-electron chi connectivity index (χ3n) is 0.865. The molecule has 10 heavy (non-hydrogen) atoms. The fourth-order valence-electron chi connectivity index (χ4n) is 0.451. The van der Waals surface area contributed by atoms with E-state index in [-0.39, 0.29) is 11.7 Å². The maximum absolute atomic E-state index is 9.97. The number of rotatable bonds is 2. The van der Waals surface area contributed by atoms with E-state index < -0.39 is 4.92 Å². The second kappa shape index (κ2) is 2.66. The van der Waals surface area contributed by atoms with E-state index in [1.807, 2.05) is 0 Å². The van der Waals surface area contributed by atoms with Gasteiger partial charge in [-0.15, -0.1) is 11.6 Å². The van der Waals surface area contributed by atoms with Crippen LogP contribution in [0.15, 0.2) is 10.6 Å². The molecule has 0 aliphatic heterocycles. The first-order valence-corrected chi connectivity index (χ1v) is 2.93. The predicted octanol–water partition coefficient (Wildman–Crippen LogP) is 1.32. The zero-order valence-electron chi connectivity index (χ0n) is 4.78. The minimum absolute atomic E-state index is 0.0981. The lowest BCUT2D eigenvalue weighted by Gasteiger charge is -1.79. The van der Waals surface area contributed by atoms with Crippen molar-refractivity contribution in [2.45, 2.75) is 5.88 Å². The molecule has 1 aromatic heterocycles. The summed E-state index contributed by atoms with van der Waals surface area (Å²) in [5, 5.41) is 13.1. The first-order valence-electron chi connectivity index (χ1n) is 2.40. The van der Waals surface area contributed by atoms with Crippen LogP contribution in [-0.4, -0.2) is 10.1 Å². The van der Waals surface area contributed by atoms with Crippen LogP contribution in [0.5, 0.6) is 0 Å². The summed E-state index contributed by atoms with van der Waals surface area (Å²) < 4.78 is 4.45. The molecule has 0 aromatic carbocycles. The van der Waals surface area contributed by atoms with Crippen molar-refractivity contribution < 1.29 is 9.45 Å². The van der Waals surface area contributed by atoms with E-state index in [9.17, 15) is 10.1 Å². The van der Waals surface area contributed by atoms with Crippen molar-refractivity contribution in [1.29, 1.82) is 0 Å². The largest absolute Gasteiger partial charge is 0.413 e. The van der Waals surface area contributed by atoms with Gasteiger partial charge in [0.2, 0.25) is 0 Å². The predicted molar refractivity (Wildman–Crippen MR) is 32.7 cm³/mol. The highest BCUT2D eigenvalue weighted by molar-refractivity contribution is 6.16. The molecule has 0 saturated heterocycles. The van der Waals surface area contributed by atoms with Crippen molar-refractivity contribution in [2.24, 2.45) is 0 Å². The van der Waals surface area contributed by atoms with Crippen LogP contribution in [0.1, 0.15) is 5.76 Å². The molecule has 1 heterocycles. The number of nitrogens with zero attached hydrogens (tertiary/aromatic N) is 2. The van der Waals surface area contributed by atoms with Gasteiger partial charge in [0.15, 0.2) is 10.9 Å². The topological polar surface area (TPSA) is 69.2 Å². The SMILES string of the molecule is O=[N+]([O-])c1cc(CCl)on1. The number of nitro groups is 1. The summed E-state index contributed by atoms with van der Waals surface area (Å²) in [7, 11) is 0. The average Bonchev–Trinajstić information content (AvgIpc) is 2.34. The molecule has 0 aliphatic rings. The summed E-state index contributed by atoms with van der Waals surface area (Å²) in [6, 6.07) is 1.19. The Morgan fingerprint density at radius 3 is 2.90 bits per heavy atom. The third kappa shape index (κ3) is 1.24. The summed E-state index contributed by atoms with van der Waals surface area (Å²) in [6.07, 6.45) is 0. The summed E-state index contributed by atoms with van der Waals surface area (Å²) in [6.45, 7) is 0. The summed E-state index contributed by atoms with van der Waals surface area (Å²) in [4.78, 5) is 9.33. The minimum atomic E-state index is -0.639. The Morgan fingerprint density at radius 2 is 2.60 bits per heavy atom. The maximum atomic E-state index is 9.97. The number of hydrogen-bond acceptors (Lipinski definition) is 4. The van der Waals surface area contributed by atoms with E-state index in [0.29, 0.717) is 5.76 Å². The zero-order valence-corrected chi connectivity index (χ0v) is 5.54. The van der Waals surface area contributed by atoms with Gasteiger partial charge in [-0.2, -0.15) is 0 Å². The van der Waals surface area contributed by atoms with Gasteiger partial charge in [-0.25, -0.2) is 0 Å². The highest BCUT2D eigenvalue weighted by atomic mass is 35.5. The molecule has 0 saturated carbocycles. The Labute approximate surface area is 60.7 Å². The van der Waals surface area contributed by atoms with Crippen molar-refractivity contribution in [3.05, 3.63) is 21.9 Å². The van der Waals surface area contributed by atoms with Crippen LogP contribution in [0.2, 0.25) is 0 Å². The van der Waals surface area contributed by atoms with Crippen LogP contribution in [-0.2, 0) is 5.88 Å². The van der Waals surface area contributed by atoms with Gasteiger partial charge in [0, 0.05) is 0 Å². The Kier molecular flexibility index (Phi) is 1.86. The van der Waals surface area contributed by atoms with Gasteiger partial charge in [0.1, 0.15) is 0 Å². The highest BCUT2D eigenvalue weighted by Gasteiger charge is 2.13. The van der Waals surface area contributed by atoms with Crippen molar-refractivity contribution >= 4 is 17.4 Å². The summed E-state index contributed by atoms with van der Waals surface area (Å²) in [5.41, 5.74) is 0. The first kappa shape index (κ1) is 7.01. The van der Waals surface area contributed by atoms with Gasteiger partial charge < -0.3 is 10.1 Å². The second-order valence-electron chi connectivity index (χ2n) is 1.54. The molecule has 0 amide bonds. The molecule has 0 radical (unpaired) electrons. The molecular weight excluding hydrogens is 160 g/mol. The Bertz CT molecular complexity index is 246. The van der Waals surface area contributed by atoms with Gasteiger partial charge in [-0.1, -0.05) is 0 Å². The Balaban J connectivity index is 2.88. The number of aromatic nitrogens is 1. The van der Waals surface area contributed by atoms with Gasteiger partial charge >= 0.3 is 5.82 Å². The van der Waals surface area contributed by atoms with Crippen LogP contribution in [0.3, 0.4) is 0 Å². The van der Waals surface area contributed by atoms with E-state index in [1.54, 1.807) is 0 Å². The molecule has 5 nitrogen and oxygen atoms in total. The van der Waals surface area contributed by atoms with Crippen LogP contribution in [0.4, 0.5) is 5.82 Å². The van der Waals surface area contributed by atoms with Crippen LogP contribution < -0.4 is 0 Å². The van der Waals surface area contributed by atoms with Gasteiger partial charge in [0.25, 0.3) is 0 Å². The molecule has 0 N–H and O–H groups in total. The molecule has 0 bridgehead atoms. The molecule has 1 aromatic rings. The summed E-state index contributed by atoms with van der Waals surface area (Å²) >= 11 is 5.29. The monoisotopic (exact) mass is 162 g/mol. The van der Waals surface area contributed by atoms with Crippen molar-refractivity contribution in [2.75, 3.05) is 0 Å². The zero-order chi connectivity index (χ0) is 7.56. The molecule has 0 spiro atoms. The lowest BCUT2D eigenvalue weighted by Crippen LogP contribution is -1.85.